The van der Waals surface area contributed by atoms with E-state index in [1.165, 1.54) is 24.8 Å². The van der Waals surface area contributed by atoms with E-state index in [4.69, 9.17) is 13.9 Å². The molecule has 2 N–H and O–H groups in total. The minimum Gasteiger partial charge on any atom is -0.475 e. The third-order valence-corrected chi connectivity index (χ3v) is 3.07. The normalized spacial score (nSPS) is 11.6. The summed E-state index contributed by atoms with van der Waals surface area (Å²) in [6.07, 6.45) is 4.18. The fourth-order valence-electron chi connectivity index (χ4n) is 1.76. The second kappa shape index (κ2) is 8.68. The van der Waals surface area contributed by atoms with Gasteiger partial charge in [0.25, 0.3) is 5.91 Å². The molecule has 0 aromatic carbocycles. The van der Waals surface area contributed by atoms with E-state index in [9.17, 15) is 9.59 Å². The van der Waals surface area contributed by atoms with Crippen molar-refractivity contribution in [1.29, 1.82) is 0 Å². The summed E-state index contributed by atoms with van der Waals surface area (Å²) in [7, 11) is 1.59. The predicted molar refractivity (Wildman–Crippen MR) is 85.9 cm³/mol. The highest BCUT2D eigenvalue weighted by Crippen LogP contribution is 2.12. The molecule has 2 amide bonds. The van der Waals surface area contributed by atoms with Gasteiger partial charge in [0.1, 0.15) is 18.9 Å². The van der Waals surface area contributed by atoms with E-state index in [2.05, 4.69) is 15.6 Å². The summed E-state index contributed by atoms with van der Waals surface area (Å²) in [5.74, 6) is -0.306. The Morgan fingerprint density at radius 1 is 1.29 bits per heavy atom. The predicted octanol–water partition coefficient (Wildman–Crippen LogP) is 1.46. The fourth-order valence-corrected chi connectivity index (χ4v) is 1.76. The Bertz CT molecular complexity index is 655. The Hall–Kier alpha value is -2.87. The molecule has 8 nitrogen and oxygen atoms in total. The van der Waals surface area contributed by atoms with Gasteiger partial charge in [-0.3, -0.25) is 9.59 Å². The first-order chi connectivity index (χ1) is 11.6. The molecule has 0 saturated heterocycles. The van der Waals surface area contributed by atoms with E-state index in [0.717, 1.165) is 0 Å². The van der Waals surface area contributed by atoms with Crippen molar-refractivity contribution in [2.75, 3.05) is 25.6 Å². The highest BCUT2D eigenvalue weighted by molar-refractivity contribution is 6.00. The molecule has 0 radical (unpaired) electrons. The lowest BCUT2D eigenvalue weighted by Gasteiger charge is -2.13. The van der Waals surface area contributed by atoms with E-state index in [0.29, 0.717) is 30.3 Å². The quantitative estimate of drug-likeness (QED) is 0.709. The molecule has 128 valence electrons. The molecule has 0 aliphatic rings. The summed E-state index contributed by atoms with van der Waals surface area (Å²) >= 11 is 0. The molecule has 0 fully saturated rings. The summed E-state index contributed by atoms with van der Waals surface area (Å²) < 4.78 is 15.0. The van der Waals surface area contributed by atoms with Crippen LogP contribution in [-0.2, 0) is 9.53 Å². The van der Waals surface area contributed by atoms with Crippen molar-refractivity contribution < 1.29 is 23.5 Å². The second-order valence-electron chi connectivity index (χ2n) is 4.92. The van der Waals surface area contributed by atoms with E-state index < -0.39 is 6.04 Å². The van der Waals surface area contributed by atoms with Crippen LogP contribution in [-0.4, -0.2) is 43.2 Å². The van der Waals surface area contributed by atoms with Crippen molar-refractivity contribution >= 4 is 17.5 Å². The Morgan fingerprint density at radius 2 is 2.12 bits per heavy atom. The van der Waals surface area contributed by atoms with Gasteiger partial charge in [-0.25, -0.2) is 4.98 Å². The van der Waals surface area contributed by atoms with Gasteiger partial charge in [-0.2, -0.15) is 0 Å². The molecule has 0 aliphatic carbocycles. The Balaban J connectivity index is 1.83. The number of nitrogens with one attached hydrogen (secondary N) is 2. The molecule has 1 unspecified atom stereocenters. The average Bonchev–Trinajstić information content (AvgIpc) is 3.11. The van der Waals surface area contributed by atoms with Crippen LogP contribution < -0.4 is 15.4 Å². The van der Waals surface area contributed by atoms with Gasteiger partial charge in [0, 0.05) is 13.2 Å². The lowest BCUT2D eigenvalue weighted by atomic mass is 10.2. The number of nitrogens with zero attached hydrogens (tertiary/aromatic N) is 1. The average molecular weight is 333 g/mol. The van der Waals surface area contributed by atoms with Gasteiger partial charge in [0.2, 0.25) is 11.8 Å². The number of aromatic nitrogens is 1. The van der Waals surface area contributed by atoms with Crippen LogP contribution >= 0.6 is 0 Å². The Morgan fingerprint density at radius 3 is 2.75 bits per heavy atom. The number of pyridine rings is 1. The Kier molecular flexibility index (Phi) is 6.32. The van der Waals surface area contributed by atoms with Crippen molar-refractivity contribution in [2.24, 2.45) is 0 Å². The topological polar surface area (TPSA) is 103 Å². The zero-order valence-corrected chi connectivity index (χ0v) is 13.4. The smallest absolute Gasteiger partial charge is 0.255 e. The van der Waals surface area contributed by atoms with Crippen LogP contribution in [0.4, 0.5) is 5.69 Å². The van der Waals surface area contributed by atoms with Crippen molar-refractivity contribution in [1.82, 2.24) is 10.3 Å². The van der Waals surface area contributed by atoms with Crippen molar-refractivity contribution in [3.8, 4) is 5.88 Å². The fraction of sp³-hybridized carbons (Fsp3) is 0.312. The largest absolute Gasteiger partial charge is 0.475 e. The molecule has 0 saturated carbocycles. The molecule has 0 bridgehead atoms. The third-order valence-electron chi connectivity index (χ3n) is 3.07. The highest BCUT2D eigenvalue weighted by atomic mass is 16.5. The molecule has 2 aromatic rings. The van der Waals surface area contributed by atoms with Crippen LogP contribution in [0.3, 0.4) is 0 Å². The molecular formula is C16H19N3O5. The maximum Gasteiger partial charge on any atom is 0.255 e. The van der Waals surface area contributed by atoms with Crippen LogP contribution in [0, 0.1) is 0 Å². The Labute approximate surface area is 139 Å². The van der Waals surface area contributed by atoms with Crippen molar-refractivity contribution in [2.45, 2.75) is 13.0 Å². The number of methoxy groups -OCH3 is 1. The van der Waals surface area contributed by atoms with Gasteiger partial charge in [-0.1, -0.05) is 0 Å². The molecule has 0 spiro atoms. The van der Waals surface area contributed by atoms with Crippen LogP contribution in [0.25, 0.3) is 0 Å². The first kappa shape index (κ1) is 17.5. The number of carbonyl (C=O) groups is 2. The summed E-state index contributed by atoms with van der Waals surface area (Å²) in [6.45, 7) is 2.45. The lowest BCUT2D eigenvalue weighted by Crippen LogP contribution is -2.41. The maximum atomic E-state index is 12.1. The summed E-state index contributed by atoms with van der Waals surface area (Å²) in [5.41, 5.74) is 0.859. The van der Waals surface area contributed by atoms with Crippen LogP contribution in [0.5, 0.6) is 5.88 Å². The number of rotatable bonds is 8. The second-order valence-corrected chi connectivity index (χ2v) is 4.92. The number of amides is 2. The first-order valence-corrected chi connectivity index (χ1v) is 7.32. The first-order valence-electron chi connectivity index (χ1n) is 7.32. The minimum atomic E-state index is -0.718. The monoisotopic (exact) mass is 333 g/mol. The van der Waals surface area contributed by atoms with Gasteiger partial charge in [0.15, 0.2) is 0 Å². The SMILES string of the molecule is COCCOc1ccc(NC(=O)C(C)NC(=O)c2ccoc2)cn1. The minimum absolute atomic E-state index is 0.355. The summed E-state index contributed by atoms with van der Waals surface area (Å²) in [5, 5.41) is 5.25. The molecule has 8 heteroatoms. The number of anilines is 1. The van der Waals surface area contributed by atoms with E-state index in [1.54, 1.807) is 26.2 Å². The van der Waals surface area contributed by atoms with Crippen molar-refractivity contribution in [3.63, 3.8) is 0 Å². The van der Waals surface area contributed by atoms with Crippen LogP contribution in [0.15, 0.2) is 41.3 Å². The van der Waals surface area contributed by atoms with Gasteiger partial charge in [0.05, 0.1) is 30.3 Å². The standard InChI is InChI=1S/C16H19N3O5/c1-11(18-16(21)12-5-6-23-10-12)15(20)19-13-3-4-14(17-9-13)24-8-7-22-2/h3-6,9-11H,7-8H2,1-2H3,(H,18,21)(H,19,20). The van der Waals surface area contributed by atoms with Crippen LogP contribution in [0.2, 0.25) is 0 Å². The summed E-state index contributed by atoms with van der Waals surface area (Å²) in [6, 6.07) is 4.11. The van der Waals surface area contributed by atoms with Crippen LogP contribution in [0.1, 0.15) is 17.3 Å². The highest BCUT2D eigenvalue weighted by Gasteiger charge is 2.17. The molecule has 2 aromatic heterocycles. The maximum absolute atomic E-state index is 12.1. The van der Waals surface area contributed by atoms with E-state index >= 15 is 0 Å². The molecular weight excluding hydrogens is 314 g/mol. The number of ether oxygens (including phenoxy) is 2. The van der Waals surface area contributed by atoms with Gasteiger partial charge in [-0.15, -0.1) is 0 Å². The van der Waals surface area contributed by atoms with Gasteiger partial charge >= 0.3 is 0 Å². The molecule has 2 rings (SSSR count). The van der Waals surface area contributed by atoms with Gasteiger partial charge < -0.3 is 24.5 Å². The number of hydrogen-bond donors (Lipinski definition) is 2. The zero-order valence-electron chi connectivity index (χ0n) is 13.4. The number of hydrogen-bond acceptors (Lipinski definition) is 6. The number of carbonyl (C=O) groups excluding carboxylic acids is 2. The number of furan rings is 1. The molecule has 0 aliphatic heterocycles. The summed E-state index contributed by atoms with van der Waals surface area (Å²) in [4.78, 5) is 28.0. The molecule has 1 atom stereocenters. The van der Waals surface area contributed by atoms with E-state index in [-0.39, 0.29) is 11.8 Å². The van der Waals surface area contributed by atoms with Gasteiger partial charge in [-0.05, 0) is 19.1 Å². The lowest BCUT2D eigenvalue weighted by molar-refractivity contribution is -0.117. The zero-order chi connectivity index (χ0) is 17.4. The van der Waals surface area contributed by atoms with Crippen molar-refractivity contribution in [3.05, 3.63) is 42.5 Å². The van der Waals surface area contributed by atoms with E-state index in [1.807, 2.05) is 0 Å². The third kappa shape index (κ3) is 5.10. The molecule has 24 heavy (non-hydrogen) atoms. The molecule has 2 heterocycles.